The molecule has 0 bridgehead atoms. The molecule has 8 heteroatoms. The fourth-order valence-electron chi connectivity index (χ4n) is 5.44. The molecule has 4 rings (SSSR count). The third-order valence-electron chi connectivity index (χ3n) is 7.94. The number of nitrogens with zero attached hydrogens (tertiary/aromatic N) is 2. The summed E-state index contributed by atoms with van der Waals surface area (Å²) in [6, 6.07) is 27.9. The summed E-state index contributed by atoms with van der Waals surface area (Å²) >= 11 is 0. The maximum absolute atomic E-state index is 13.2. The van der Waals surface area contributed by atoms with E-state index in [0.29, 0.717) is 29.2 Å². The van der Waals surface area contributed by atoms with Gasteiger partial charge in [-0.2, -0.15) is 0 Å². The lowest BCUT2D eigenvalue weighted by atomic mass is 10.0. The van der Waals surface area contributed by atoms with Gasteiger partial charge in [0.1, 0.15) is 5.75 Å². The Balaban J connectivity index is 1.12. The van der Waals surface area contributed by atoms with Gasteiger partial charge in [-0.15, -0.1) is 0 Å². The first-order valence-corrected chi connectivity index (χ1v) is 16.9. The summed E-state index contributed by atoms with van der Waals surface area (Å²) < 4.78 is 35.9. The maximum Gasteiger partial charge on any atom is 0.241 e. The molecular weight excluding hydrogens is 570 g/mol. The standard InChI is InChI=1S/C36H46N3O4S/c1-38(2)34-19-12-18-33-32(34)17-13-20-35(33)44(41,42)37-25-14-27-39(3,4)26-10-5-6-11-28-43-31-23-21-30(22-24-31)36(40)29-15-8-7-9-16-29/h7-9,12-13,15-24,37H,5-6,10-11,14,25-28H2,1-4H3/q+1. The number of rotatable bonds is 17. The normalized spacial score (nSPS) is 11.9. The van der Waals surface area contributed by atoms with Crippen LogP contribution in [0.4, 0.5) is 5.69 Å². The molecule has 0 saturated heterocycles. The highest BCUT2D eigenvalue weighted by molar-refractivity contribution is 7.89. The van der Waals surface area contributed by atoms with Crippen molar-refractivity contribution in [1.29, 1.82) is 0 Å². The summed E-state index contributed by atoms with van der Waals surface area (Å²) in [5, 5.41) is 1.66. The van der Waals surface area contributed by atoms with E-state index < -0.39 is 10.0 Å². The first-order valence-electron chi connectivity index (χ1n) is 15.4. The largest absolute Gasteiger partial charge is 0.494 e. The molecule has 0 heterocycles. The number of anilines is 1. The van der Waals surface area contributed by atoms with Crippen LogP contribution in [0.1, 0.15) is 48.0 Å². The molecule has 0 saturated carbocycles. The van der Waals surface area contributed by atoms with Gasteiger partial charge in [-0.25, -0.2) is 13.1 Å². The van der Waals surface area contributed by atoms with Crippen molar-refractivity contribution in [3.05, 3.63) is 102 Å². The van der Waals surface area contributed by atoms with Crippen molar-refractivity contribution in [1.82, 2.24) is 4.72 Å². The number of unbranched alkanes of at least 4 members (excludes halogenated alkanes) is 3. The van der Waals surface area contributed by atoms with Crippen LogP contribution in [0.3, 0.4) is 0 Å². The summed E-state index contributed by atoms with van der Waals surface area (Å²) in [4.78, 5) is 14.9. The monoisotopic (exact) mass is 616 g/mol. The molecule has 234 valence electrons. The van der Waals surface area contributed by atoms with Gasteiger partial charge >= 0.3 is 0 Å². The molecule has 0 amide bonds. The molecule has 0 aliphatic heterocycles. The quantitative estimate of drug-likeness (QED) is 0.0831. The van der Waals surface area contributed by atoms with Crippen LogP contribution in [0.25, 0.3) is 10.8 Å². The fourth-order valence-corrected chi connectivity index (χ4v) is 6.73. The van der Waals surface area contributed by atoms with Crippen LogP contribution in [-0.2, 0) is 10.0 Å². The van der Waals surface area contributed by atoms with Crippen LogP contribution in [0.2, 0.25) is 0 Å². The van der Waals surface area contributed by atoms with Crippen LogP contribution >= 0.6 is 0 Å². The van der Waals surface area contributed by atoms with Crippen LogP contribution in [0.5, 0.6) is 5.75 Å². The van der Waals surface area contributed by atoms with Crippen molar-refractivity contribution in [3.63, 3.8) is 0 Å². The van der Waals surface area contributed by atoms with Gasteiger partial charge in [-0.05, 0) is 62.1 Å². The van der Waals surface area contributed by atoms with E-state index >= 15 is 0 Å². The number of ether oxygens (including phenoxy) is 1. The highest BCUT2D eigenvalue weighted by Gasteiger charge is 2.20. The van der Waals surface area contributed by atoms with Crippen molar-refractivity contribution < 1.29 is 22.4 Å². The summed E-state index contributed by atoms with van der Waals surface area (Å²) in [6.45, 7) is 3.00. The van der Waals surface area contributed by atoms with Crippen molar-refractivity contribution in [3.8, 4) is 5.75 Å². The smallest absolute Gasteiger partial charge is 0.241 e. The van der Waals surface area contributed by atoms with Gasteiger partial charge in [-0.1, -0.05) is 54.6 Å². The van der Waals surface area contributed by atoms with Gasteiger partial charge in [0.25, 0.3) is 0 Å². The number of ketones is 1. The number of benzene rings is 4. The minimum absolute atomic E-state index is 0.0134. The number of sulfonamides is 1. The highest BCUT2D eigenvalue weighted by Crippen LogP contribution is 2.30. The van der Waals surface area contributed by atoms with Gasteiger partial charge in [0.2, 0.25) is 10.0 Å². The molecule has 4 aromatic carbocycles. The van der Waals surface area contributed by atoms with Gasteiger partial charge in [-0.3, -0.25) is 4.79 Å². The average molecular weight is 617 g/mol. The second-order valence-corrected chi connectivity index (χ2v) is 13.9. The molecule has 0 spiro atoms. The summed E-state index contributed by atoms with van der Waals surface area (Å²) in [5.74, 6) is 0.793. The summed E-state index contributed by atoms with van der Waals surface area (Å²) in [6.07, 6.45) is 5.07. The lowest BCUT2D eigenvalue weighted by molar-refractivity contribution is -0.890. The SMILES string of the molecule is CN(C)c1cccc2c(S(=O)(=O)NCCC[N+](C)(C)CCCCCCOc3ccc(C(=O)c4ccccc4)cc3)cccc12. The van der Waals surface area contributed by atoms with E-state index in [1.165, 1.54) is 0 Å². The minimum atomic E-state index is -3.62. The molecule has 0 atom stereocenters. The van der Waals surface area contributed by atoms with Gasteiger partial charge in [0, 0.05) is 54.6 Å². The van der Waals surface area contributed by atoms with E-state index in [1.807, 2.05) is 104 Å². The molecule has 0 fully saturated rings. The first kappa shape index (κ1) is 33.2. The maximum atomic E-state index is 13.2. The Hall–Kier alpha value is -3.72. The number of fused-ring (bicyclic) bond motifs is 1. The number of quaternary nitrogens is 1. The van der Waals surface area contributed by atoms with Crippen LogP contribution in [0.15, 0.2) is 95.9 Å². The molecule has 1 N–H and O–H groups in total. The molecule has 0 aromatic heterocycles. The van der Waals surface area contributed by atoms with E-state index in [4.69, 9.17) is 4.74 Å². The molecule has 0 aliphatic rings. The lowest BCUT2D eigenvalue weighted by Crippen LogP contribution is -2.42. The number of nitrogens with one attached hydrogen (secondary N) is 1. The number of hydrogen-bond donors (Lipinski definition) is 1. The Labute approximate surface area is 263 Å². The summed E-state index contributed by atoms with van der Waals surface area (Å²) in [5.41, 5.74) is 2.34. The van der Waals surface area contributed by atoms with E-state index in [1.54, 1.807) is 6.07 Å². The molecule has 7 nitrogen and oxygen atoms in total. The van der Waals surface area contributed by atoms with Crippen molar-refractivity contribution in [2.24, 2.45) is 0 Å². The Morgan fingerprint density at radius 1 is 0.727 bits per heavy atom. The number of carbonyl (C=O) groups excluding carboxylic acids is 1. The predicted molar refractivity (Wildman–Crippen MR) is 180 cm³/mol. The third-order valence-corrected chi connectivity index (χ3v) is 9.46. The fraction of sp³-hybridized carbons (Fsp3) is 0.361. The second-order valence-electron chi connectivity index (χ2n) is 12.1. The van der Waals surface area contributed by atoms with E-state index in [2.05, 4.69) is 18.8 Å². The average Bonchev–Trinajstić information content (AvgIpc) is 3.02. The Bertz CT molecular complexity index is 1620. The first-order chi connectivity index (χ1) is 21.1. The molecule has 0 aliphatic carbocycles. The minimum Gasteiger partial charge on any atom is -0.494 e. The van der Waals surface area contributed by atoms with Crippen molar-refractivity contribution in [2.45, 2.75) is 37.0 Å². The van der Waals surface area contributed by atoms with Gasteiger partial charge < -0.3 is 14.1 Å². The van der Waals surface area contributed by atoms with E-state index in [-0.39, 0.29) is 5.78 Å². The Morgan fingerprint density at radius 2 is 1.36 bits per heavy atom. The van der Waals surface area contributed by atoms with Crippen molar-refractivity contribution >= 4 is 32.3 Å². The Kier molecular flexibility index (Phi) is 11.6. The van der Waals surface area contributed by atoms with Crippen LogP contribution < -0.4 is 14.4 Å². The zero-order valence-corrected chi connectivity index (χ0v) is 27.3. The second kappa shape index (κ2) is 15.3. The van der Waals surface area contributed by atoms with Crippen molar-refractivity contribution in [2.75, 3.05) is 59.3 Å². The molecule has 4 aromatic rings. The van der Waals surface area contributed by atoms with Crippen LogP contribution in [-0.4, -0.2) is 73.1 Å². The molecule has 44 heavy (non-hydrogen) atoms. The summed E-state index contributed by atoms with van der Waals surface area (Å²) in [7, 11) is 4.72. The zero-order chi connectivity index (χ0) is 31.6. The van der Waals surface area contributed by atoms with E-state index in [0.717, 1.165) is 71.9 Å². The Morgan fingerprint density at radius 3 is 2.09 bits per heavy atom. The molecule has 0 radical (unpaired) electrons. The topological polar surface area (TPSA) is 75.7 Å². The van der Waals surface area contributed by atoms with Gasteiger partial charge in [0.15, 0.2) is 5.78 Å². The lowest BCUT2D eigenvalue weighted by Gasteiger charge is -2.30. The molecule has 0 unspecified atom stereocenters. The zero-order valence-electron chi connectivity index (χ0n) is 26.5. The third kappa shape index (κ3) is 9.14. The van der Waals surface area contributed by atoms with E-state index in [9.17, 15) is 13.2 Å². The highest BCUT2D eigenvalue weighted by atomic mass is 32.2. The predicted octanol–water partition coefficient (Wildman–Crippen LogP) is 6.52. The number of carbonyl (C=O) groups is 1. The molecular formula is C36H46N3O4S+. The van der Waals surface area contributed by atoms with Crippen LogP contribution in [0, 0.1) is 0 Å². The van der Waals surface area contributed by atoms with Gasteiger partial charge in [0.05, 0.1) is 38.7 Å². The number of hydrogen-bond acceptors (Lipinski definition) is 5.